The highest BCUT2D eigenvalue weighted by molar-refractivity contribution is 5.75. The molecule has 15 heavy (non-hydrogen) atoms. The number of piperidine rings is 1. The van der Waals surface area contributed by atoms with Gasteiger partial charge in [-0.15, -0.1) is 0 Å². The number of carbonyl (C=O) groups excluding carboxylic acids is 1. The monoisotopic (exact) mass is 212 g/mol. The summed E-state index contributed by atoms with van der Waals surface area (Å²) in [5, 5.41) is 3.03. The first-order valence-corrected chi connectivity index (χ1v) is 5.88. The molecule has 1 rings (SSSR count). The zero-order valence-electron chi connectivity index (χ0n) is 10.6. The third-order valence-electron chi connectivity index (χ3n) is 2.86. The van der Waals surface area contributed by atoms with Crippen LogP contribution in [0.2, 0.25) is 0 Å². The van der Waals surface area contributed by atoms with E-state index in [0.29, 0.717) is 12.0 Å². The van der Waals surface area contributed by atoms with Crippen molar-refractivity contribution in [3.63, 3.8) is 0 Å². The quantitative estimate of drug-likeness (QED) is 0.657. The van der Waals surface area contributed by atoms with E-state index in [0.717, 1.165) is 13.0 Å². The Morgan fingerprint density at radius 2 is 1.87 bits per heavy atom. The van der Waals surface area contributed by atoms with Gasteiger partial charge in [0.25, 0.3) is 0 Å². The highest BCUT2D eigenvalue weighted by Gasteiger charge is 2.28. The van der Waals surface area contributed by atoms with E-state index >= 15 is 0 Å². The molecule has 1 N–H and O–H groups in total. The maximum absolute atomic E-state index is 12.0. The van der Waals surface area contributed by atoms with Crippen molar-refractivity contribution < 1.29 is 4.79 Å². The zero-order chi connectivity index (χ0) is 11.6. The van der Waals surface area contributed by atoms with Gasteiger partial charge in [0, 0.05) is 18.1 Å². The lowest BCUT2D eigenvalue weighted by Gasteiger charge is -2.38. The molecule has 1 fully saturated rings. The fourth-order valence-electron chi connectivity index (χ4n) is 1.96. The van der Waals surface area contributed by atoms with Crippen molar-refractivity contribution in [1.82, 2.24) is 10.2 Å². The first-order valence-electron chi connectivity index (χ1n) is 5.88. The minimum Gasteiger partial charge on any atom is -0.333 e. The van der Waals surface area contributed by atoms with Gasteiger partial charge in [-0.3, -0.25) is 0 Å². The molecule has 0 aromatic heterocycles. The molecule has 1 heterocycles. The molecule has 2 unspecified atom stereocenters. The first-order chi connectivity index (χ1) is 6.79. The Morgan fingerprint density at radius 1 is 1.27 bits per heavy atom. The van der Waals surface area contributed by atoms with Gasteiger partial charge in [0.1, 0.15) is 0 Å². The van der Waals surface area contributed by atoms with E-state index in [1.54, 1.807) is 0 Å². The van der Waals surface area contributed by atoms with Gasteiger partial charge in [-0.1, -0.05) is 6.92 Å². The summed E-state index contributed by atoms with van der Waals surface area (Å²) in [6.07, 6.45) is 2.36. The number of carbonyl (C=O) groups is 1. The summed E-state index contributed by atoms with van der Waals surface area (Å²) in [6.45, 7) is 11.3. The molecule has 2 atom stereocenters. The summed E-state index contributed by atoms with van der Waals surface area (Å²) in [5.41, 5.74) is -0.141. The maximum Gasteiger partial charge on any atom is 0.318 e. The summed E-state index contributed by atoms with van der Waals surface area (Å²) < 4.78 is 0. The number of rotatable bonds is 0. The molecule has 1 aliphatic heterocycles. The Kier molecular flexibility index (Phi) is 3.63. The summed E-state index contributed by atoms with van der Waals surface area (Å²) >= 11 is 0. The van der Waals surface area contributed by atoms with E-state index in [2.05, 4.69) is 19.2 Å². The van der Waals surface area contributed by atoms with Crippen LogP contribution in [0.3, 0.4) is 0 Å². The first kappa shape index (κ1) is 12.3. The van der Waals surface area contributed by atoms with Gasteiger partial charge in [0.2, 0.25) is 0 Å². The van der Waals surface area contributed by atoms with Crippen LogP contribution in [0.4, 0.5) is 4.79 Å². The molecule has 88 valence electrons. The fraction of sp³-hybridized carbons (Fsp3) is 0.917. The molecular formula is C12H24N2O. The van der Waals surface area contributed by atoms with Gasteiger partial charge < -0.3 is 10.2 Å². The van der Waals surface area contributed by atoms with Crippen LogP contribution in [0.25, 0.3) is 0 Å². The Balaban J connectivity index is 2.57. The SMILES string of the molecule is CC1CCC(C)N(C(=O)NC(C)(C)C)C1. The molecule has 0 aromatic carbocycles. The molecule has 3 heteroatoms. The van der Waals surface area contributed by atoms with Gasteiger partial charge in [-0.2, -0.15) is 0 Å². The van der Waals surface area contributed by atoms with Crippen LogP contribution in [-0.2, 0) is 0 Å². The van der Waals surface area contributed by atoms with Crippen LogP contribution in [0.5, 0.6) is 0 Å². The number of nitrogens with zero attached hydrogens (tertiary/aromatic N) is 1. The standard InChI is InChI=1S/C12H24N2O/c1-9-6-7-10(2)14(8-9)11(15)13-12(3,4)5/h9-10H,6-8H2,1-5H3,(H,13,15). The third kappa shape index (κ3) is 3.73. The number of urea groups is 1. The number of likely N-dealkylation sites (tertiary alicyclic amines) is 1. The Labute approximate surface area is 93.2 Å². The summed E-state index contributed by atoms with van der Waals surface area (Å²) in [4.78, 5) is 14.0. The van der Waals surface area contributed by atoms with Crippen LogP contribution in [0.1, 0.15) is 47.5 Å². The fourth-order valence-corrected chi connectivity index (χ4v) is 1.96. The zero-order valence-corrected chi connectivity index (χ0v) is 10.6. The van der Waals surface area contributed by atoms with Crippen molar-refractivity contribution in [3.05, 3.63) is 0 Å². The lowest BCUT2D eigenvalue weighted by atomic mass is 9.95. The van der Waals surface area contributed by atoms with Crippen molar-refractivity contribution in [2.24, 2.45) is 5.92 Å². The van der Waals surface area contributed by atoms with Crippen LogP contribution < -0.4 is 5.32 Å². The van der Waals surface area contributed by atoms with Crippen LogP contribution in [0.15, 0.2) is 0 Å². The Hall–Kier alpha value is -0.730. The molecule has 1 aliphatic rings. The minimum atomic E-state index is -0.141. The maximum atomic E-state index is 12.0. The van der Waals surface area contributed by atoms with Crippen molar-refractivity contribution in [1.29, 1.82) is 0 Å². The number of hydrogen-bond acceptors (Lipinski definition) is 1. The predicted molar refractivity (Wildman–Crippen MR) is 62.9 cm³/mol. The normalized spacial score (nSPS) is 27.7. The number of hydrogen-bond donors (Lipinski definition) is 1. The lowest BCUT2D eigenvalue weighted by Crippen LogP contribution is -2.54. The van der Waals surface area contributed by atoms with Crippen LogP contribution in [0, 0.1) is 5.92 Å². The number of nitrogens with one attached hydrogen (secondary N) is 1. The molecule has 1 saturated heterocycles. The second kappa shape index (κ2) is 4.42. The van der Waals surface area contributed by atoms with E-state index in [1.807, 2.05) is 25.7 Å². The molecular weight excluding hydrogens is 188 g/mol. The molecule has 0 aromatic rings. The van der Waals surface area contributed by atoms with Crippen LogP contribution >= 0.6 is 0 Å². The van der Waals surface area contributed by atoms with Crippen molar-refractivity contribution in [2.45, 2.75) is 59.0 Å². The number of amides is 2. The molecule has 0 saturated carbocycles. The van der Waals surface area contributed by atoms with Gasteiger partial charge >= 0.3 is 6.03 Å². The van der Waals surface area contributed by atoms with E-state index < -0.39 is 0 Å². The highest BCUT2D eigenvalue weighted by atomic mass is 16.2. The van der Waals surface area contributed by atoms with Gasteiger partial charge in [0.05, 0.1) is 0 Å². The van der Waals surface area contributed by atoms with E-state index in [4.69, 9.17) is 0 Å². The van der Waals surface area contributed by atoms with Gasteiger partial charge in [0.15, 0.2) is 0 Å². The van der Waals surface area contributed by atoms with Gasteiger partial charge in [-0.05, 0) is 46.5 Å². The van der Waals surface area contributed by atoms with Crippen LogP contribution in [-0.4, -0.2) is 29.1 Å². The van der Waals surface area contributed by atoms with Crippen molar-refractivity contribution >= 4 is 6.03 Å². The van der Waals surface area contributed by atoms with Crippen molar-refractivity contribution in [2.75, 3.05) is 6.54 Å². The summed E-state index contributed by atoms with van der Waals surface area (Å²) in [5.74, 6) is 0.631. The lowest BCUT2D eigenvalue weighted by molar-refractivity contribution is 0.130. The van der Waals surface area contributed by atoms with Gasteiger partial charge in [-0.25, -0.2) is 4.79 Å². The predicted octanol–water partition coefficient (Wildman–Crippen LogP) is 2.61. The summed E-state index contributed by atoms with van der Waals surface area (Å²) in [6, 6.07) is 0.463. The summed E-state index contributed by atoms with van der Waals surface area (Å²) in [7, 11) is 0. The van der Waals surface area contributed by atoms with E-state index in [9.17, 15) is 4.79 Å². The molecule has 3 nitrogen and oxygen atoms in total. The minimum absolute atomic E-state index is 0.0848. The largest absolute Gasteiger partial charge is 0.333 e. The molecule has 0 bridgehead atoms. The molecule has 0 radical (unpaired) electrons. The molecule has 0 aliphatic carbocycles. The molecule has 0 spiro atoms. The second-order valence-corrected chi connectivity index (χ2v) is 5.86. The average Bonchev–Trinajstić information content (AvgIpc) is 2.06. The Bertz CT molecular complexity index is 232. The second-order valence-electron chi connectivity index (χ2n) is 5.86. The smallest absolute Gasteiger partial charge is 0.318 e. The third-order valence-corrected chi connectivity index (χ3v) is 2.86. The highest BCUT2D eigenvalue weighted by Crippen LogP contribution is 2.21. The van der Waals surface area contributed by atoms with Crippen molar-refractivity contribution in [3.8, 4) is 0 Å². The molecule has 2 amide bonds. The average molecular weight is 212 g/mol. The van der Waals surface area contributed by atoms with E-state index in [1.165, 1.54) is 6.42 Å². The van der Waals surface area contributed by atoms with E-state index in [-0.39, 0.29) is 11.6 Å². The Morgan fingerprint density at radius 3 is 2.40 bits per heavy atom. The topological polar surface area (TPSA) is 32.3 Å².